The number of hydrogen-bond acceptors (Lipinski definition) is 3. The van der Waals surface area contributed by atoms with Crippen molar-refractivity contribution in [2.24, 2.45) is 5.92 Å². The molecular formula is C17H25NO2. The van der Waals surface area contributed by atoms with Crippen molar-refractivity contribution in [3.05, 3.63) is 29.8 Å². The Kier molecular flexibility index (Phi) is 5.60. The van der Waals surface area contributed by atoms with Crippen LogP contribution in [0.25, 0.3) is 0 Å². The van der Waals surface area contributed by atoms with E-state index in [4.69, 9.17) is 4.74 Å². The number of likely N-dealkylation sites (tertiary alicyclic amines) is 1. The van der Waals surface area contributed by atoms with Gasteiger partial charge in [-0.3, -0.25) is 9.69 Å². The molecule has 0 amide bonds. The van der Waals surface area contributed by atoms with Crippen LogP contribution in [0.15, 0.2) is 24.3 Å². The number of Topliss-reactive ketones (excluding diaryl/α,β-unsaturated/α-hetero) is 1. The number of carbonyl (C=O) groups excluding carboxylic acids is 1. The monoisotopic (exact) mass is 275 g/mol. The molecule has 0 N–H and O–H groups in total. The molecule has 1 aromatic carbocycles. The van der Waals surface area contributed by atoms with Crippen molar-refractivity contribution in [3.63, 3.8) is 0 Å². The van der Waals surface area contributed by atoms with E-state index < -0.39 is 0 Å². The number of carbonyl (C=O) groups is 1. The summed E-state index contributed by atoms with van der Waals surface area (Å²) in [5, 5.41) is 0. The van der Waals surface area contributed by atoms with E-state index in [0.29, 0.717) is 24.5 Å². The first kappa shape index (κ1) is 15.0. The molecule has 1 atom stereocenters. The highest BCUT2D eigenvalue weighted by atomic mass is 16.5. The fraction of sp³-hybridized carbons (Fsp3) is 0.588. The van der Waals surface area contributed by atoms with Crippen LogP contribution in [0.3, 0.4) is 0 Å². The van der Waals surface area contributed by atoms with Gasteiger partial charge in [-0.15, -0.1) is 0 Å². The Morgan fingerprint density at radius 2 is 2.10 bits per heavy atom. The molecule has 1 aliphatic heterocycles. The summed E-state index contributed by atoms with van der Waals surface area (Å²) in [6.45, 7) is 7.41. The predicted molar refractivity (Wildman–Crippen MR) is 81.4 cm³/mol. The van der Waals surface area contributed by atoms with E-state index >= 15 is 0 Å². The summed E-state index contributed by atoms with van der Waals surface area (Å²) >= 11 is 0. The minimum absolute atomic E-state index is 0.170. The summed E-state index contributed by atoms with van der Waals surface area (Å²) in [5.41, 5.74) is 0.714. The van der Waals surface area contributed by atoms with Crippen molar-refractivity contribution in [1.29, 1.82) is 0 Å². The zero-order valence-corrected chi connectivity index (χ0v) is 12.6. The van der Waals surface area contributed by atoms with Crippen LogP contribution in [0, 0.1) is 5.92 Å². The summed E-state index contributed by atoms with van der Waals surface area (Å²) in [7, 11) is 0. The van der Waals surface area contributed by atoms with Crippen LogP contribution in [0.4, 0.5) is 0 Å². The number of nitrogens with zero attached hydrogens (tertiary/aromatic N) is 1. The molecule has 0 aromatic heterocycles. The van der Waals surface area contributed by atoms with Gasteiger partial charge in [0, 0.05) is 0 Å². The Morgan fingerprint density at radius 1 is 1.30 bits per heavy atom. The molecule has 1 saturated heterocycles. The SMILES string of the molecule is CCOc1ccccc1C(=O)CN1CCCC(C)CC1. The van der Waals surface area contributed by atoms with Crippen LogP contribution >= 0.6 is 0 Å². The maximum atomic E-state index is 12.5. The molecule has 0 bridgehead atoms. The molecule has 1 unspecified atom stereocenters. The molecule has 2 rings (SSSR count). The Bertz CT molecular complexity index is 444. The third-order valence-corrected chi connectivity index (χ3v) is 3.96. The van der Waals surface area contributed by atoms with Gasteiger partial charge >= 0.3 is 0 Å². The fourth-order valence-corrected chi connectivity index (χ4v) is 2.75. The fourth-order valence-electron chi connectivity index (χ4n) is 2.75. The van der Waals surface area contributed by atoms with Gasteiger partial charge in [0.25, 0.3) is 0 Å². The minimum atomic E-state index is 0.170. The quantitative estimate of drug-likeness (QED) is 0.771. The third-order valence-electron chi connectivity index (χ3n) is 3.96. The minimum Gasteiger partial charge on any atom is -0.493 e. The van der Waals surface area contributed by atoms with Gasteiger partial charge in [0.05, 0.1) is 18.7 Å². The van der Waals surface area contributed by atoms with E-state index in [1.165, 1.54) is 19.3 Å². The number of hydrogen-bond donors (Lipinski definition) is 0. The molecule has 1 aliphatic rings. The van der Waals surface area contributed by atoms with Gasteiger partial charge in [0.2, 0.25) is 0 Å². The van der Waals surface area contributed by atoms with E-state index in [1.54, 1.807) is 0 Å². The Hall–Kier alpha value is -1.35. The lowest BCUT2D eigenvalue weighted by Crippen LogP contribution is -2.31. The van der Waals surface area contributed by atoms with Gasteiger partial charge in [-0.25, -0.2) is 0 Å². The second-order valence-electron chi connectivity index (χ2n) is 5.66. The number of ketones is 1. The van der Waals surface area contributed by atoms with Gasteiger partial charge in [0.1, 0.15) is 5.75 Å². The lowest BCUT2D eigenvalue weighted by Gasteiger charge is -2.19. The molecule has 1 heterocycles. The Labute approximate surface area is 121 Å². The average Bonchev–Trinajstić information content (AvgIpc) is 2.65. The van der Waals surface area contributed by atoms with Crippen molar-refractivity contribution in [1.82, 2.24) is 4.90 Å². The summed E-state index contributed by atoms with van der Waals surface area (Å²) < 4.78 is 5.55. The van der Waals surface area contributed by atoms with Crippen LogP contribution in [-0.4, -0.2) is 36.9 Å². The first-order chi connectivity index (χ1) is 9.70. The number of para-hydroxylation sites is 1. The summed E-state index contributed by atoms with van der Waals surface area (Å²) in [4.78, 5) is 14.8. The molecule has 3 heteroatoms. The predicted octanol–water partition coefficient (Wildman–Crippen LogP) is 3.39. The summed E-state index contributed by atoms with van der Waals surface area (Å²) in [6, 6.07) is 7.56. The standard InChI is InChI=1S/C17H25NO2/c1-3-20-17-9-5-4-8-15(17)16(19)13-18-11-6-7-14(2)10-12-18/h4-5,8-9,14H,3,6-7,10-13H2,1-2H3. The van der Waals surface area contributed by atoms with E-state index in [1.807, 2.05) is 31.2 Å². The largest absolute Gasteiger partial charge is 0.493 e. The molecule has 110 valence electrons. The van der Waals surface area contributed by atoms with Crippen molar-refractivity contribution in [2.45, 2.75) is 33.1 Å². The van der Waals surface area contributed by atoms with E-state index in [2.05, 4.69) is 11.8 Å². The summed E-state index contributed by atoms with van der Waals surface area (Å²) in [5.74, 6) is 1.66. The molecule has 0 aliphatic carbocycles. The topological polar surface area (TPSA) is 29.5 Å². The van der Waals surface area contributed by atoms with Gasteiger partial charge < -0.3 is 4.74 Å². The van der Waals surface area contributed by atoms with Crippen molar-refractivity contribution >= 4 is 5.78 Å². The second-order valence-corrected chi connectivity index (χ2v) is 5.66. The van der Waals surface area contributed by atoms with Gasteiger partial charge in [-0.05, 0) is 57.3 Å². The maximum absolute atomic E-state index is 12.5. The van der Waals surface area contributed by atoms with E-state index in [9.17, 15) is 4.79 Å². The second kappa shape index (κ2) is 7.44. The average molecular weight is 275 g/mol. The highest BCUT2D eigenvalue weighted by molar-refractivity contribution is 6.00. The van der Waals surface area contributed by atoms with Crippen LogP contribution in [0.1, 0.15) is 43.5 Å². The van der Waals surface area contributed by atoms with Crippen LogP contribution in [-0.2, 0) is 0 Å². The van der Waals surface area contributed by atoms with Crippen molar-refractivity contribution in [3.8, 4) is 5.75 Å². The lowest BCUT2D eigenvalue weighted by atomic mass is 10.0. The zero-order chi connectivity index (χ0) is 14.4. The van der Waals surface area contributed by atoms with E-state index in [-0.39, 0.29) is 5.78 Å². The lowest BCUT2D eigenvalue weighted by molar-refractivity contribution is 0.0928. The van der Waals surface area contributed by atoms with Crippen LogP contribution < -0.4 is 4.74 Å². The molecule has 0 radical (unpaired) electrons. The van der Waals surface area contributed by atoms with Gasteiger partial charge in [-0.2, -0.15) is 0 Å². The number of rotatable bonds is 5. The first-order valence-corrected chi connectivity index (χ1v) is 7.68. The first-order valence-electron chi connectivity index (χ1n) is 7.68. The number of benzene rings is 1. The molecule has 0 spiro atoms. The highest BCUT2D eigenvalue weighted by Gasteiger charge is 2.19. The molecule has 3 nitrogen and oxygen atoms in total. The number of ether oxygens (including phenoxy) is 1. The Morgan fingerprint density at radius 3 is 2.90 bits per heavy atom. The molecule has 20 heavy (non-hydrogen) atoms. The van der Waals surface area contributed by atoms with E-state index in [0.717, 1.165) is 19.0 Å². The van der Waals surface area contributed by atoms with Crippen molar-refractivity contribution in [2.75, 3.05) is 26.2 Å². The molecule has 0 saturated carbocycles. The normalized spacial score (nSPS) is 20.4. The third kappa shape index (κ3) is 4.07. The van der Waals surface area contributed by atoms with Crippen LogP contribution in [0.5, 0.6) is 5.75 Å². The molecule has 1 aromatic rings. The highest BCUT2D eigenvalue weighted by Crippen LogP contribution is 2.20. The Balaban J connectivity index is 2.00. The van der Waals surface area contributed by atoms with Gasteiger partial charge in [-0.1, -0.05) is 19.1 Å². The summed E-state index contributed by atoms with van der Waals surface area (Å²) in [6.07, 6.45) is 3.67. The molecule has 1 fully saturated rings. The smallest absolute Gasteiger partial charge is 0.180 e. The van der Waals surface area contributed by atoms with Crippen LogP contribution in [0.2, 0.25) is 0 Å². The van der Waals surface area contributed by atoms with Gasteiger partial charge in [0.15, 0.2) is 5.78 Å². The molecular weight excluding hydrogens is 250 g/mol. The van der Waals surface area contributed by atoms with Crippen molar-refractivity contribution < 1.29 is 9.53 Å². The maximum Gasteiger partial charge on any atom is 0.180 e. The zero-order valence-electron chi connectivity index (χ0n) is 12.6.